The number of esters is 2. The first kappa shape index (κ1) is 53.9. The van der Waals surface area contributed by atoms with Crippen molar-refractivity contribution in [3.05, 3.63) is 85.1 Å². The average Bonchev–Trinajstić information content (AvgIpc) is 3.23. The molecule has 1 heterocycles. The van der Waals surface area contributed by atoms with Gasteiger partial charge in [0.15, 0.2) is 12.4 Å². The highest BCUT2D eigenvalue weighted by Gasteiger charge is 2.44. The van der Waals surface area contributed by atoms with Crippen LogP contribution < -0.4 is 0 Å². The van der Waals surface area contributed by atoms with Gasteiger partial charge in [0.05, 0.1) is 13.2 Å². The van der Waals surface area contributed by atoms with Crippen LogP contribution in [0.25, 0.3) is 0 Å². The molecule has 1 fully saturated rings. The van der Waals surface area contributed by atoms with E-state index >= 15 is 0 Å². The van der Waals surface area contributed by atoms with Gasteiger partial charge >= 0.3 is 11.9 Å². The van der Waals surface area contributed by atoms with Gasteiger partial charge in [-0.05, 0) is 89.9 Å². The predicted octanol–water partition coefficient (Wildman–Crippen LogP) is 9.77. The molecule has 4 N–H and O–H groups in total. The Bertz CT molecular complexity index is 1230. The molecular formula is C49H80O10. The highest BCUT2D eigenvalue weighted by molar-refractivity contribution is 5.70. The monoisotopic (exact) mass is 829 g/mol. The summed E-state index contributed by atoms with van der Waals surface area (Å²) in [5.74, 6) is -0.869. The van der Waals surface area contributed by atoms with E-state index in [2.05, 4.69) is 98.9 Å². The first-order valence-corrected chi connectivity index (χ1v) is 22.7. The molecule has 1 rings (SSSR count). The summed E-state index contributed by atoms with van der Waals surface area (Å²) in [7, 11) is 0. The fourth-order valence-corrected chi connectivity index (χ4v) is 6.18. The molecule has 1 saturated heterocycles. The quantitative estimate of drug-likeness (QED) is 0.0273. The Hall–Kier alpha value is -3.12. The van der Waals surface area contributed by atoms with E-state index in [1.165, 1.54) is 19.3 Å². The number of unbranched alkanes of at least 4 members (excludes halogenated alkanes) is 11. The van der Waals surface area contributed by atoms with Gasteiger partial charge in [0.1, 0.15) is 31.0 Å². The van der Waals surface area contributed by atoms with Crippen LogP contribution in [0.15, 0.2) is 85.1 Å². The van der Waals surface area contributed by atoms with E-state index in [9.17, 15) is 30.0 Å². The van der Waals surface area contributed by atoms with Crippen molar-refractivity contribution in [2.24, 2.45) is 0 Å². The fourth-order valence-electron chi connectivity index (χ4n) is 6.18. The molecule has 6 unspecified atom stereocenters. The van der Waals surface area contributed by atoms with E-state index in [0.29, 0.717) is 12.8 Å². The topological polar surface area (TPSA) is 152 Å². The normalized spacial score (nSPS) is 20.8. The summed E-state index contributed by atoms with van der Waals surface area (Å²) in [6, 6.07) is 0. The summed E-state index contributed by atoms with van der Waals surface area (Å²) in [6.45, 7) is 3.22. The molecule has 10 nitrogen and oxygen atoms in total. The van der Waals surface area contributed by atoms with Gasteiger partial charge in [0.25, 0.3) is 0 Å². The van der Waals surface area contributed by atoms with Crippen molar-refractivity contribution in [2.45, 2.75) is 192 Å². The van der Waals surface area contributed by atoms with Gasteiger partial charge in [-0.3, -0.25) is 9.59 Å². The molecule has 0 amide bonds. The number of hydrogen-bond donors (Lipinski definition) is 4. The molecule has 0 spiro atoms. The van der Waals surface area contributed by atoms with Crippen LogP contribution in [0.2, 0.25) is 0 Å². The highest BCUT2D eigenvalue weighted by atomic mass is 16.7. The van der Waals surface area contributed by atoms with Crippen LogP contribution in [0.3, 0.4) is 0 Å². The molecule has 1 aliphatic heterocycles. The summed E-state index contributed by atoms with van der Waals surface area (Å²) in [5.41, 5.74) is 0. The zero-order valence-corrected chi connectivity index (χ0v) is 36.5. The molecule has 59 heavy (non-hydrogen) atoms. The van der Waals surface area contributed by atoms with Crippen LogP contribution in [0.1, 0.15) is 155 Å². The Morgan fingerprint density at radius 1 is 0.542 bits per heavy atom. The number of carbonyl (C=O) groups excluding carboxylic acids is 2. The van der Waals surface area contributed by atoms with E-state index in [1.807, 2.05) is 0 Å². The van der Waals surface area contributed by atoms with Gasteiger partial charge < -0.3 is 39.4 Å². The van der Waals surface area contributed by atoms with Crippen molar-refractivity contribution in [2.75, 3.05) is 19.8 Å². The summed E-state index contributed by atoms with van der Waals surface area (Å²) >= 11 is 0. The summed E-state index contributed by atoms with van der Waals surface area (Å²) in [6.07, 6.45) is 43.0. The molecule has 0 aromatic heterocycles. The zero-order chi connectivity index (χ0) is 43.0. The van der Waals surface area contributed by atoms with E-state index in [0.717, 1.165) is 96.3 Å². The Balaban J connectivity index is 2.38. The maximum absolute atomic E-state index is 12.8. The number of aliphatic hydroxyl groups is 4. The van der Waals surface area contributed by atoms with Gasteiger partial charge in [-0.2, -0.15) is 0 Å². The van der Waals surface area contributed by atoms with E-state index in [-0.39, 0.29) is 26.1 Å². The van der Waals surface area contributed by atoms with Crippen molar-refractivity contribution >= 4 is 11.9 Å². The number of rotatable bonds is 36. The van der Waals surface area contributed by atoms with Gasteiger partial charge in [-0.1, -0.05) is 137 Å². The molecule has 0 aromatic rings. The second-order valence-corrected chi connectivity index (χ2v) is 15.1. The minimum Gasteiger partial charge on any atom is -0.462 e. The lowest BCUT2D eigenvalue weighted by molar-refractivity contribution is -0.305. The summed E-state index contributed by atoms with van der Waals surface area (Å²) in [5, 5.41) is 40.1. The lowest BCUT2D eigenvalue weighted by Gasteiger charge is -2.39. The molecule has 0 bridgehead atoms. The minimum atomic E-state index is -1.61. The second kappa shape index (κ2) is 39.0. The number of carbonyl (C=O) groups is 2. The third kappa shape index (κ3) is 30.5. The molecule has 1 aliphatic rings. The zero-order valence-electron chi connectivity index (χ0n) is 36.5. The number of ether oxygens (including phenoxy) is 4. The second-order valence-electron chi connectivity index (χ2n) is 15.1. The smallest absolute Gasteiger partial charge is 0.306 e. The Kier molecular flexibility index (Phi) is 35.7. The van der Waals surface area contributed by atoms with Crippen molar-refractivity contribution in [3.8, 4) is 0 Å². The third-order valence-electron chi connectivity index (χ3n) is 9.76. The highest BCUT2D eigenvalue weighted by Crippen LogP contribution is 2.22. The van der Waals surface area contributed by atoms with Crippen LogP contribution in [-0.2, 0) is 28.5 Å². The Labute approximate surface area is 356 Å². The average molecular weight is 829 g/mol. The van der Waals surface area contributed by atoms with Gasteiger partial charge in [-0.25, -0.2) is 0 Å². The Morgan fingerprint density at radius 3 is 1.53 bits per heavy atom. The van der Waals surface area contributed by atoms with Gasteiger partial charge in [0.2, 0.25) is 0 Å². The molecule has 6 atom stereocenters. The number of hydrogen-bond acceptors (Lipinski definition) is 10. The lowest BCUT2D eigenvalue weighted by Crippen LogP contribution is -2.59. The number of aliphatic hydroxyl groups excluding tert-OH is 4. The SMILES string of the molecule is CC/C=C\C/C=C\C/C=C\C/C=C\C/C=C\CCCCCC(=O)OC(COC(=O)CCCCCCC/C=C\C/C=C\CCCCC)COC1OC(CO)C(O)C(O)C1O. The minimum absolute atomic E-state index is 0.183. The fraction of sp³-hybridized carbons (Fsp3) is 0.673. The van der Waals surface area contributed by atoms with E-state index in [1.54, 1.807) is 0 Å². The van der Waals surface area contributed by atoms with Crippen LogP contribution in [0.4, 0.5) is 0 Å². The van der Waals surface area contributed by atoms with Crippen LogP contribution in [0.5, 0.6) is 0 Å². The van der Waals surface area contributed by atoms with E-state index in [4.69, 9.17) is 18.9 Å². The lowest BCUT2D eigenvalue weighted by atomic mass is 9.99. The molecule has 0 radical (unpaired) electrons. The molecule has 0 saturated carbocycles. The Morgan fingerprint density at radius 2 is 1.00 bits per heavy atom. The summed E-state index contributed by atoms with van der Waals surface area (Å²) < 4.78 is 22.1. The largest absolute Gasteiger partial charge is 0.462 e. The van der Waals surface area contributed by atoms with Crippen LogP contribution in [0, 0.1) is 0 Å². The van der Waals surface area contributed by atoms with Gasteiger partial charge in [-0.15, -0.1) is 0 Å². The van der Waals surface area contributed by atoms with Crippen molar-refractivity contribution in [3.63, 3.8) is 0 Å². The summed E-state index contributed by atoms with van der Waals surface area (Å²) in [4.78, 5) is 25.3. The molecule has 0 aliphatic carbocycles. The first-order chi connectivity index (χ1) is 28.8. The molecule has 0 aromatic carbocycles. The van der Waals surface area contributed by atoms with Crippen molar-refractivity contribution < 1.29 is 49.0 Å². The first-order valence-electron chi connectivity index (χ1n) is 22.7. The maximum Gasteiger partial charge on any atom is 0.306 e. The number of allylic oxidation sites excluding steroid dienone is 14. The van der Waals surface area contributed by atoms with Crippen molar-refractivity contribution in [1.82, 2.24) is 0 Å². The standard InChI is InChI=1S/C49H80O10/c1-3-5-7-9-11-13-15-17-19-20-21-22-24-26-28-30-32-34-36-38-45(52)58-42(41-57-49-48(55)47(54)46(53)43(39-50)59-49)40-56-44(51)37-35-33-31-29-27-25-23-18-16-14-12-10-8-6-4-2/h5,7,11-14,17-19,21-23,26,28,42-43,46-50,53-55H,3-4,6,8-10,15-16,20,24-25,27,29-41H2,1-2H3/b7-5-,13-11-,14-12-,19-17-,22-21-,23-18-,28-26-. The van der Waals surface area contributed by atoms with Crippen LogP contribution >= 0.6 is 0 Å². The predicted molar refractivity (Wildman–Crippen MR) is 237 cm³/mol. The molecular weight excluding hydrogens is 749 g/mol. The van der Waals surface area contributed by atoms with E-state index < -0.39 is 55.4 Å². The maximum atomic E-state index is 12.8. The third-order valence-corrected chi connectivity index (χ3v) is 9.76. The molecule has 336 valence electrons. The molecule has 10 heteroatoms. The van der Waals surface area contributed by atoms with Gasteiger partial charge in [0, 0.05) is 12.8 Å². The van der Waals surface area contributed by atoms with Crippen molar-refractivity contribution in [1.29, 1.82) is 0 Å². The van der Waals surface area contributed by atoms with Crippen LogP contribution in [-0.4, -0.2) is 89.0 Å².